The molecule has 15 heavy (non-hydrogen) atoms. The molecule has 0 radical (unpaired) electrons. The van der Waals surface area contributed by atoms with Gasteiger partial charge >= 0.3 is 0 Å². The molecule has 0 aromatic rings. The third kappa shape index (κ3) is 8.20. The highest BCUT2D eigenvalue weighted by Gasteiger charge is 2.04. The molecule has 0 saturated heterocycles. The predicted octanol–water partition coefficient (Wildman–Crippen LogP) is 0.144. The number of nitrogens with one attached hydrogen (secondary N) is 2. The van der Waals surface area contributed by atoms with Gasteiger partial charge in [-0.25, -0.2) is 10.8 Å². The van der Waals surface area contributed by atoms with E-state index in [1.54, 1.807) is 0 Å². The summed E-state index contributed by atoms with van der Waals surface area (Å²) in [5.41, 5.74) is 2.58. The molecular formula is C10H25N5. The number of aliphatic imine (C=N–C) groups is 1. The van der Waals surface area contributed by atoms with E-state index in [2.05, 4.69) is 55.5 Å². The lowest BCUT2D eigenvalue weighted by Crippen LogP contribution is -2.45. The Morgan fingerprint density at radius 1 is 1.33 bits per heavy atom. The van der Waals surface area contributed by atoms with Crippen LogP contribution in [-0.2, 0) is 0 Å². The van der Waals surface area contributed by atoms with Crippen LogP contribution < -0.4 is 16.6 Å². The minimum absolute atomic E-state index is 0.268. The molecular weight excluding hydrogens is 190 g/mol. The first-order valence-corrected chi connectivity index (χ1v) is 5.41. The van der Waals surface area contributed by atoms with Crippen LogP contribution >= 0.6 is 0 Å². The number of hydrogen-bond acceptors (Lipinski definition) is 3. The smallest absolute Gasteiger partial charge is 0.206 e. The summed E-state index contributed by atoms with van der Waals surface area (Å²) in [7, 11) is 4.12. The normalized spacial score (nSPS) is 14.5. The molecule has 4 N–H and O–H groups in total. The van der Waals surface area contributed by atoms with E-state index in [0.717, 1.165) is 13.0 Å². The van der Waals surface area contributed by atoms with E-state index in [1.807, 2.05) is 0 Å². The minimum Gasteiger partial charge on any atom is -0.353 e. The molecule has 0 bridgehead atoms. The molecule has 5 nitrogen and oxygen atoms in total. The van der Waals surface area contributed by atoms with Gasteiger partial charge in [0, 0.05) is 6.04 Å². The monoisotopic (exact) mass is 215 g/mol. The van der Waals surface area contributed by atoms with Gasteiger partial charge in [0.25, 0.3) is 0 Å². The van der Waals surface area contributed by atoms with Crippen LogP contribution in [0.2, 0.25) is 0 Å². The van der Waals surface area contributed by atoms with E-state index in [1.165, 1.54) is 0 Å². The minimum atomic E-state index is 0.268. The molecule has 5 heteroatoms. The zero-order chi connectivity index (χ0) is 11.8. The Balaban J connectivity index is 4.04. The second kappa shape index (κ2) is 7.48. The largest absolute Gasteiger partial charge is 0.353 e. The Morgan fingerprint density at radius 2 is 1.93 bits per heavy atom. The zero-order valence-electron chi connectivity index (χ0n) is 10.5. The summed E-state index contributed by atoms with van der Waals surface area (Å²) in [6.07, 6.45) is 1.03. The standard InChI is InChI=1S/C10H25N5/c1-8(2)12-10(14-11)13-9(3)6-7-15(4)5/h8-9H,6-7,11H2,1-5H3,(H2,12,13,14). The molecule has 0 aromatic carbocycles. The summed E-state index contributed by atoms with van der Waals surface area (Å²) in [5, 5.41) is 3.15. The number of rotatable bonds is 5. The highest BCUT2D eigenvalue weighted by molar-refractivity contribution is 5.79. The van der Waals surface area contributed by atoms with Crippen molar-refractivity contribution in [1.82, 2.24) is 15.6 Å². The van der Waals surface area contributed by atoms with E-state index >= 15 is 0 Å². The first-order chi connectivity index (χ1) is 6.95. The fourth-order valence-electron chi connectivity index (χ4n) is 1.12. The van der Waals surface area contributed by atoms with Gasteiger partial charge in [-0.15, -0.1) is 0 Å². The van der Waals surface area contributed by atoms with Gasteiger partial charge in [-0.2, -0.15) is 0 Å². The molecule has 0 rings (SSSR count). The van der Waals surface area contributed by atoms with Gasteiger partial charge in [-0.05, 0) is 47.8 Å². The van der Waals surface area contributed by atoms with Gasteiger partial charge in [0.1, 0.15) is 0 Å². The second-order valence-electron chi connectivity index (χ2n) is 4.36. The predicted molar refractivity (Wildman–Crippen MR) is 65.7 cm³/mol. The van der Waals surface area contributed by atoms with E-state index in [9.17, 15) is 0 Å². The van der Waals surface area contributed by atoms with Gasteiger partial charge in [-0.3, -0.25) is 5.43 Å². The third-order valence-corrected chi connectivity index (χ3v) is 1.91. The van der Waals surface area contributed by atoms with E-state index < -0.39 is 0 Å². The molecule has 0 heterocycles. The molecule has 0 aliphatic heterocycles. The summed E-state index contributed by atoms with van der Waals surface area (Å²) < 4.78 is 0. The Bertz CT molecular complexity index is 188. The number of nitrogens with two attached hydrogens (primary N) is 1. The van der Waals surface area contributed by atoms with Crippen molar-refractivity contribution in [1.29, 1.82) is 0 Å². The zero-order valence-corrected chi connectivity index (χ0v) is 10.5. The van der Waals surface area contributed by atoms with Crippen LogP contribution in [0, 0.1) is 0 Å². The van der Waals surface area contributed by atoms with E-state index in [4.69, 9.17) is 5.84 Å². The van der Waals surface area contributed by atoms with Crippen LogP contribution in [0.15, 0.2) is 4.99 Å². The van der Waals surface area contributed by atoms with Crippen molar-refractivity contribution < 1.29 is 0 Å². The van der Waals surface area contributed by atoms with Crippen LogP contribution in [0.3, 0.4) is 0 Å². The van der Waals surface area contributed by atoms with Gasteiger partial charge in [0.2, 0.25) is 5.96 Å². The first-order valence-electron chi connectivity index (χ1n) is 5.41. The highest BCUT2D eigenvalue weighted by atomic mass is 15.3. The maximum atomic E-state index is 5.37. The Labute approximate surface area is 93.1 Å². The average molecular weight is 215 g/mol. The van der Waals surface area contributed by atoms with E-state index in [-0.39, 0.29) is 6.04 Å². The van der Waals surface area contributed by atoms with Crippen molar-refractivity contribution in [2.24, 2.45) is 10.8 Å². The molecule has 1 unspecified atom stereocenters. The summed E-state index contributed by atoms with van der Waals surface area (Å²) in [6, 6.07) is 0.602. The summed E-state index contributed by atoms with van der Waals surface area (Å²) in [4.78, 5) is 6.60. The quantitative estimate of drug-likeness (QED) is 0.264. The van der Waals surface area contributed by atoms with Crippen LogP contribution in [0.4, 0.5) is 0 Å². The number of guanidine groups is 1. The fourth-order valence-corrected chi connectivity index (χ4v) is 1.12. The van der Waals surface area contributed by atoms with Gasteiger partial charge in [-0.1, -0.05) is 0 Å². The summed E-state index contributed by atoms with van der Waals surface area (Å²) >= 11 is 0. The molecule has 0 fully saturated rings. The summed E-state index contributed by atoms with van der Waals surface area (Å²) in [6.45, 7) is 7.22. The Kier molecular flexibility index (Phi) is 7.07. The van der Waals surface area contributed by atoms with Gasteiger partial charge < -0.3 is 10.2 Å². The molecule has 0 saturated carbocycles. The van der Waals surface area contributed by atoms with Crippen molar-refractivity contribution in [3.63, 3.8) is 0 Å². The molecule has 0 aromatic heterocycles. The molecule has 0 aliphatic carbocycles. The lowest BCUT2D eigenvalue weighted by atomic mass is 10.2. The van der Waals surface area contributed by atoms with Crippen molar-refractivity contribution in [2.45, 2.75) is 39.3 Å². The van der Waals surface area contributed by atoms with Gasteiger partial charge in [0.05, 0.1) is 6.04 Å². The Morgan fingerprint density at radius 3 is 2.33 bits per heavy atom. The van der Waals surface area contributed by atoms with Crippen molar-refractivity contribution in [2.75, 3.05) is 20.6 Å². The van der Waals surface area contributed by atoms with Crippen molar-refractivity contribution in [3.05, 3.63) is 0 Å². The number of nitrogens with zero attached hydrogens (tertiary/aromatic N) is 2. The molecule has 90 valence electrons. The lowest BCUT2D eigenvalue weighted by Gasteiger charge is -2.16. The second-order valence-corrected chi connectivity index (χ2v) is 4.36. The lowest BCUT2D eigenvalue weighted by molar-refractivity contribution is 0.386. The first kappa shape index (κ1) is 14.2. The number of hydrogen-bond donors (Lipinski definition) is 3. The maximum Gasteiger partial charge on any atom is 0.206 e. The topological polar surface area (TPSA) is 65.7 Å². The van der Waals surface area contributed by atoms with Crippen molar-refractivity contribution in [3.8, 4) is 0 Å². The summed E-state index contributed by atoms with van der Waals surface area (Å²) in [5.74, 6) is 6.03. The third-order valence-electron chi connectivity index (χ3n) is 1.91. The van der Waals surface area contributed by atoms with Gasteiger partial charge in [0.15, 0.2) is 0 Å². The maximum absolute atomic E-state index is 5.37. The fraction of sp³-hybridized carbons (Fsp3) is 0.900. The Hall–Kier alpha value is -0.810. The molecule has 0 spiro atoms. The highest BCUT2D eigenvalue weighted by Crippen LogP contribution is 1.97. The average Bonchev–Trinajstić information content (AvgIpc) is 2.13. The van der Waals surface area contributed by atoms with Crippen LogP contribution in [0.25, 0.3) is 0 Å². The molecule has 1 atom stereocenters. The van der Waals surface area contributed by atoms with Crippen molar-refractivity contribution >= 4 is 5.96 Å². The SMILES string of the molecule is CC(CCN(C)C)N=C(NN)NC(C)C. The number of hydrazine groups is 1. The molecule has 0 aliphatic rings. The molecule has 0 amide bonds. The van der Waals surface area contributed by atoms with Crippen LogP contribution in [0.5, 0.6) is 0 Å². The van der Waals surface area contributed by atoms with Crippen LogP contribution in [0.1, 0.15) is 27.2 Å². The van der Waals surface area contributed by atoms with E-state index in [0.29, 0.717) is 12.0 Å². The van der Waals surface area contributed by atoms with Crippen LogP contribution in [-0.4, -0.2) is 43.6 Å².